The third-order valence-electron chi connectivity index (χ3n) is 2.44. The fraction of sp³-hybridized carbons (Fsp3) is 0.0909. The predicted octanol–water partition coefficient (Wildman–Crippen LogP) is 2.32. The number of carbonyl (C=O) groups is 1. The van der Waals surface area contributed by atoms with Crippen LogP contribution in [0.15, 0.2) is 34.5 Å². The Kier molecular flexibility index (Phi) is 3.98. The molecule has 2 aromatic rings. The van der Waals surface area contributed by atoms with E-state index in [4.69, 9.17) is 16.7 Å². The molecule has 20 heavy (non-hydrogen) atoms. The molecule has 0 unspecified atom stereocenters. The third-order valence-corrected chi connectivity index (χ3v) is 5.90. The fourth-order valence-corrected chi connectivity index (χ4v) is 4.21. The number of thiophene rings is 1. The average molecular weight is 333 g/mol. The quantitative estimate of drug-likeness (QED) is 0.928. The molecule has 0 aliphatic carbocycles. The summed E-state index contributed by atoms with van der Waals surface area (Å²) in [6.07, 6.45) is 0. The second kappa shape index (κ2) is 5.39. The van der Waals surface area contributed by atoms with Gasteiger partial charge in [0.1, 0.15) is 10.0 Å². The maximum atomic E-state index is 12.3. The van der Waals surface area contributed by atoms with Crippen LogP contribution in [0.2, 0.25) is 4.34 Å². The number of carboxylic acids is 1. The van der Waals surface area contributed by atoms with Crippen LogP contribution in [-0.4, -0.2) is 31.5 Å². The number of carboxylic acid groups (broad SMARTS) is 1. The monoisotopic (exact) mass is 332 g/mol. The molecule has 0 saturated carbocycles. The largest absolute Gasteiger partial charge is 0.477 e. The summed E-state index contributed by atoms with van der Waals surface area (Å²) in [4.78, 5) is 14.6. The zero-order valence-electron chi connectivity index (χ0n) is 10.1. The molecule has 0 saturated heterocycles. The molecule has 1 N–H and O–H groups in total. The van der Waals surface area contributed by atoms with Gasteiger partial charge in [-0.15, -0.1) is 11.3 Å². The number of pyridine rings is 1. The van der Waals surface area contributed by atoms with Crippen molar-refractivity contribution in [2.75, 3.05) is 11.4 Å². The van der Waals surface area contributed by atoms with Crippen molar-refractivity contribution >= 4 is 44.7 Å². The molecule has 106 valence electrons. The topological polar surface area (TPSA) is 87.6 Å². The molecule has 2 heterocycles. The highest BCUT2D eigenvalue weighted by molar-refractivity contribution is 7.94. The van der Waals surface area contributed by atoms with Crippen molar-refractivity contribution in [3.05, 3.63) is 40.4 Å². The first-order valence-corrected chi connectivity index (χ1v) is 7.90. The van der Waals surface area contributed by atoms with E-state index in [0.29, 0.717) is 4.34 Å². The zero-order valence-corrected chi connectivity index (χ0v) is 12.5. The van der Waals surface area contributed by atoms with E-state index in [2.05, 4.69) is 4.98 Å². The molecule has 0 aliphatic rings. The van der Waals surface area contributed by atoms with Gasteiger partial charge in [0.05, 0.1) is 4.34 Å². The molecule has 9 heteroatoms. The van der Waals surface area contributed by atoms with Crippen LogP contribution < -0.4 is 4.31 Å². The van der Waals surface area contributed by atoms with Crippen LogP contribution in [0.1, 0.15) is 10.5 Å². The van der Waals surface area contributed by atoms with Crippen molar-refractivity contribution in [3.8, 4) is 0 Å². The smallest absolute Gasteiger partial charge is 0.354 e. The molecule has 0 bridgehead atoms. The number of hydrogen-bond donors (Lipinski definition) is 1. The molecular formula is C11H9ClN2O4S2. The molecular weight excluding hydrogens is 324 g/mol. The lowest BCUT2D eigenvalue weighted by atomic mass is 10.3. The van der Waals surface area contributed by atoms with E-state index in [9.17, 15) is 13.2 Å². The Hall–Kier alpha value is -1.64. The summed E-state index contributed by atoms with van der Waals surface area (Å²) in [5.74, 6) is -1.20. The molecule has 2 rings (SSSR count). The molecule has 0 fully saturated rings. The Morgan fingerprint density at radius 1 is 1.35 bits per heavy atom. The summed E-state index contributed by atoms with van der Waals surface area (Å²) in [5, 5.41) is 8.87. The number of rotatable bonds is 4. The van der Waals surface area contributed by atoms with Crippen molar-refractivity contribution in [2.45, 2.75) is 4.21 Å². The Bertz CT molecular complexity index is 757. The minimum absolute atomic E-state index is 0.0226. The van der Waals surface area contributed by atoms with Crippen LogP contribution in [-0.2, 0) is 10.0 Å². The van der Waals surface area contributed by atoms with Gasteiger partial charge >= 0.3 is 5.97 Å². The lowest BCUT2D eigenvalue weighted by Gasteiger charge is -2.17. The predicted molar refractivity (Wildman–Crippen MR) is 76.1 cm³/mol. The number of nitrogens with zero attached hydrogens (tertiary/aromatic N) is 2. The van der Waals surface area contributed by atoms with E-state index in [1.165, 1.54) is 37.4 Å². The Balaban J connectivity index is 2.43. The highest BCUT2D eigenvalue weighted by Crippen LogP contribution is 2.29. The maximum Gasteiger partial charge on any atom is 0.354 e. The van der Waals surface area contributed by atoms with Crippen LogP contribution in [0.5, 0.6) is 0 Å². The second-order valence-corrected chi connectivity index (χ2v) is 7.63. The van der Waals surface area contributed by atoms with E-state index in [0.717, 1.165) is 15.6 Å². The van der Waals surface area contributed by atoms with Gasteiger partial charge in [-0.05, 0) is 24.3 Å². The maximum absolute atomic E-state index is 12.3. The number of sulfonamides is 1. The van der Waals surface area contributed by atoms with Gasteiger partial charge in [0.15, 0.2) is 5.69 Å². The van der Waals surface area contributed by atoms with Gasteiger partial charge < -0.3 is 5.11 Å². The Morgan fingerprint density at radius 3 is 2.60 bits per heavy atom. The van der Waals surface area contributed by atoms with Gasteiger partial charge in [0, 0.05) is 7.05 Å². The standard InChI is InChI=1S/C11H9ClN2O4S2/c1-14(9-4-2-3-7(13-9)11(15)16)20(17,18)10-6-5-8(12)19-10/h2-6H,1H3,(H,15,16). The third kappa shape index (κ3) is 2.77. The van der Waals surface area contributed by atoms with Crippen molar-refractivity contribution in [1.29, 1.82) is 0 Å². The van der Waals surface area contributed by atoms with Crippen LogP contribution >= 0.6 is 22.9 Å². The molecule has 6 nitrogen and oxygen atoms in total. The molecule has 0 radical (unpaired) electrons. The number of halogens is 1. The van der Waals surface area contributed by atoms with E-state index < -0.39 is 16.0 Å². The average Bonchev–Trinajstić information content (AvgIpc) is 2.85. The van der Waals surface area contributed by atoms with Gasteiger partial charge in [-0.1, -0.05) is 17.7 Å². The van der Waals surface area contributed by atoms with E-state index in [1.807, 2.05) is 0 Å². The summed E-state index contributed by atoms with van der Waals surface area (Å²) < 4.78 is 26.0. The van der Waals surface area contributed by atoms with Gasteiger partial charge in [-0.2, -0.15) is 0 Å². The first kappa shape index (κ1) is 14.8. The van der Waals surface area contributed by atoms with Gasteiger partial charge in [-0.25, -0.2) is 18.2 Å². The fourth-order valence-electron chi connectivity index (χ4n) is 1.41. The van der Waals surface area contributed by atoms with Gasteiger partial charge in [0.25, 0.3) is 10.0 Å². The number of aromatic carboxylic acids is 1. The van der Waals surface area contributed by atoms with Crippen molar-refractivity contribution < 1.29 is 18.3 Å². The van der Waals surface area contributed by atoms with Crippen LogP contribution in [0.4, 0.5) is 5.82 Å². The molecule has 0 atom stereocenters. The van der Waals surface area contributed by atoms with E-state index in [-0.39, 0.29) is 15.7 Å². The van der Waals surface area contributed by atoms with Crippen molar-refractivity contribution in [2.24, 2.45) is 0 Å². The molecule has 0 spiro atoms. The van der Waals surface area contributed by atoms with Crippen molar-refractivity contribution in [3.63, 3.8) is 0 Å². The van der Waals surface area contributed by atoms with Crippen LogP contribution in [0, 0.1) is 0 Å². The van der Waals surface area contributed by atoms with Crippen LogP contribution in [0.3, 0.4) is 0 Å². The zero-order chi connectivity index (χ0) is 14.9. The van der Waals surface area contributed by atoms with E-state index >= 15 is 0 Å². The summed E-state index contributed by atoms with van der Waals surface area (Å²) in [6.45, 7) is 0. The lowest BCUT2D eigenvalue weighted by molar-refractivity contribution is 0.0690. The number of hydrogen-bond acceptors (Lipinski definition) is 5. The normalized spacial score (nSPS) is 11.3. The summed E-state index contributed by atoms with van der Waals surface area (Å²) in [7, 11) is -2.50. The first-order chi connectivity index (χ1) is 9.32. The first-order valence-electron chi connectivity index (χ1n) is 5.27. The van der Waals surface area contributed by atoms with Gasteiger partial charge in [-0.3, -0.25) is 4.31 Å². The minimum atomic E-state index is -3.80. The highest BCUT2D eigenvalue weighted by atomic mass is 35.5. The summed E-state index contributed by atoms with van der Waals surface area (Å²) >= 11 is 6.65. The molecule has 2 aromatic heterocycles. The minimum Gasteiger partial charge on any atom is -0.477 e. The van der Waals surface area contributed by atoms with Gasteiger partial charge in [0.2, 0.25) is 0 Å². The van der Waals surface area contributed by atoms with Crippen molar-refractivity contribution in [1.82, 2.24) is 4.98 Å². The Morgan fingerprint density at radius 2 is 2.05 bits per heavy atom. The Labute approximate surface area is 124 Å². The molecule has 0 aliphatic heterocycles. The number of aromatic nitrogens is 1. The summed E-state index contributed by atoms with van der Waals surface area (Å²) in [5.41, 5.74) is -0.228. The van der Waals surface area contributed by atoms with E-state index in [1.54, 1.807) is 0 Å². The SMILES string of the molecule is CN(c1cccc(C(=O)O)n1)S(=O)(=O)c1ccc(Cl)s1. The lowest BCUT2D eigenvalue weighted by Crippen LogP contribution is -2.27. The molecule has 0 amide bonds. The number of anilines is 1. The summed E-state index contributed by atoms with van der Waals surface area (Å²) in [6, 6.07) is 7.00. The molecule has 0 aromatic carbocycles. The van der Waals surface area contributed by atoms with Crippen LogP contribution in [0.25, 0.3) is 0 Å². The highest BCUT2D eigenvalue weighted by Gasteiger charge is 2.24. The second-order valence-electron chi connectivity index (χ2n) is 3.72.